The summed E-state index contributed by atoms with van der Waals surface area (Å²) in [6.45, 7) is 19.4. The lowest BCUT2D eigenvalue weighted by molar-refractivity contribution is -0.145. The van der Waals surface area contributed by atoms with Crippen LogP contribution in [0.25, 0.3) is 0 Å². The number of aromatic amines is 1. The zero-order chi connectivity index (χ0) is 31.7. The van der Waals surface area contributed by atoms with Crippen LogP contribution in [0.4, 0.5) is 0 Å². The fraction of sp³-hybridized carbons (Fsp3) is 0.629. The molecule has 0 bridgehead atoms. The number of H-pyrrole nitrogens is 1. The predicted octanol–water partition coefficient (Wildman–Crippen LogP) is 4.97. The lowest BCUT2D eigenvalue weighted by atomic mass is 9.77. The van der Waals surface area contributed by atoms with Crippen LogP contribution in [0.15, 0.2) is 49.1 Å². The van der Waals surface area contributed by atoms with Gasteiger partial charge in [0.05, 0.1) is 19.7 Å². The molecule has 2 saturated heterocycles. The summed E-state index contributed by atoms with van der Waals surface area (Å²) in [5.41, 5.74) is 2.00. The van der Waals surface area contributed by atoms with Crippen LogP contribution in [0.1, 0.15) is 70.6 Å². The van der Waals surface area contributed by atoms with Gasteiger partial charge in [-0.2, -0.15) is 0 Å². The number of hydrogen-bond acceptors (Lipinski definition) is 8. The number of nitrogens with zero attached hydrogens (tertiary/aromatic N) is 6. The van der Waals surface area contributed by atoms with Crippen molar-refractivity contribution in [2.75, 3.05) is 52.5 Å². The van der Waals surface area contributed by atoms with Gasteiger partial charge in [-0.3, -0.25) is 4.90 Å². The highest BCUT2D eigenvalue weighted by Crippen LogP contribution is 2.40. The first-order valence-electron chi connectivity index (χ1n) is 16.7. The first-order chi connectivity index (χ1) is 21.7. The molecule has 2 aliphatic rings. The average molecular weight is 620 g/mol. The van der Waals surface area contributed by atoms with Crippen molar-refractivity contribution in [3.05, 3.63) is 66.3 Å². The number of aryl methyl sites for hydroxylation is 1. The lowest BCUT2D eigenvalue weighted by Gasteiger charge is -2.41. The van der Waals surface area contributed by atoms with E-state index in [1.54, 1.807) is 13.1 Å². The van der Waals surface area contributed by atoms with E-state index in [-0.39, 0.29) is 12.6 Å². The fourth-order valence-corrected chi connectivity index (χ4v) is 6.94. The van der Waals surface area contributed by atoms with Crippen molar-refractivity contribution in [1.82, 2.24) is 34.2 Å². The molecule has 4 heterocycles. The summed E-state index contributed by atoms with van der Waals surface area (Å²) in [5.74, 6) is 2.25. The van der Waals surface area contributed by atoms with E-state index in [2.05, 4.69) is 62.3 Å². The number of benzene rings is 1. The van der Waals surface area contributed by atoms with E-state index in [1.807, 2.05) is 30.6 Å². The number of hydrogen-bond donors (Lipinski definition) is 1. The number of ether oxygens (including phenoxy) is 2. The Bertz CT molecular complexity index is 1320. The van der Waals surface area contributed by atoms with Crippen LogP contribution in [0.5, 0.6) is 5.75 Å². The van der Waals surface area contributed by atoms with E-state index in [0.29, 0.717) is 42.8 Å². The van der Waals surface area contributed by atoms with Crippen molar-refractivity contribution in [1.29, 1.82) is 0 Å². The van der Waals surface area contributed by atoms with Crippen molar-refractivity contribution in [2.24, 2.45) is 10.8 Å². The zero-order valence-electron chi connectivity index (χ0n) is 27.8. The number of imidazole rings is 2. The van der Waals surface area contributed by atoms with Gasteiger partial charge >= 0.3 is 5.97 Å². The van der Waals surface area contributed by atoms with Gasteiger partial charge in [0.25, 0.3) is 0 Å². The van der Waals surface area contributed by atoms with E-state index in [0.717, 1.165) is 36.7 Å². The Morgan fingerprint density at radius 3 is 2.56 bits per heavy atom. The maximum atomic E-state index is 11.8. The van der Waals surface area contributed by atoms with E-state index >= 15 is 0 Å². The van der Waals surface area contributed by atoms with Crippen molar-refractivity contribution >= 4 is 5.97 Å². The molecule has 2 aromatic heterocycles. The minimum atomic E-state index is -0.365. The number of nitrogens with one attached hydrogen (secondary N) is 1. The largest absolute Gasteiger partial charge is 0.482 e. The van der Waals surface area contributed by atoms with Crippen LogP contribution in [0.2, 0.25) is 0 Å². The molecule has 2 fully saturated rings. The molecular formula is C35H53N7O3. The van der Waals surface area contributed by atoms with Gasteiger partial charge in [-0.15, -0.1) is 0 Å². The number of piperidine rings is 1. The summed E-state index contributed by atoms with van der Waals surface area (Å²) in [6, 6.07) is 7.89. The van der Waals surface area contributed by atoms with Crippen LogP contribution in [-0.2, 0) is 35.7 Å². The summed E-state index contributed by atoms with van der Waals surface area (Å²) in [7, 11) is 0. The van der Waals surface area contributed by atoms with Gasteiger partial charge in [-0.25, -0.2) is 14.8 Å². The third-order valence-corrected chi connectivity index (χ3v) is 9.07. The van der Waals surface area contributed by atoms with Crippen LogP contribution in [-0.4, -0.2) is 92.7 Å². The quantitative estimate of drug-likeness (QED) is 0.239. The minimum Gasteiger partial charge on any atom is -0.482 e. The molecule has 1 aromatic carbocycles. The van der Waals surface area contributed by atoms with Crippen LogP contribution >= 0.6 is 0 Å². The molecule has 0 amide bonds. The second-order valence-electron chi connectivity index (χ2n) is 14.2. The van der Waals surface area contributed by atoms with Crippen molar-refractivity contribution in [3.63, 3.8) is 0 Å². The maximum Gasteiger partial charge on any atom is 0.344 e. The molecule has 0 aliphatic carbocycles. The molecule has 3 aromatic rings. The van der Waals surface area contributed by atoms with Gasteiger partial charge in [0.1, 0.15) is 17.4 Å². The van der Waals surface area contributed by atoms with Crippen LogP contribution in [0.3, 0.4) is 0 Å². The number of carbonyl (C=O) groups excluding carboxylic acids is 1. The highest BCUT2D eigenvalue weighted by Gasteiger charge is 2.40. The van der Waals surface area contributed by atoms with Gasteiger partial charge < -0.3 is 28.8 Å². The third-order valence-electron chi connectivity index (χ3n) is 9.07. The highest BCUT2D eigenvalue weighted by molar-refractivity contribution is 5.71. The topological polar surface area (TPSA) is 91.8 Å². The third kappa shape index (κ3) is 10.1. The van der Waals surface area contributed by atoms with Gasteiger partial charge in [-0.05, 0) is 87.3 Å². The monoisotopic (exact) mass is 619 g/mol. The van der Waals surface area contributed by atoms with Gasteiger partial charge in [0.15, 0.2) is 6.61 Å². The summed E-state index contributed by atoms with van der Waals surface area (Å²) >= 11 is 0. The first kappa shape index (κ1) is 33.2. The molecule has 1 spiro atoms. The second-order valence-corrected chi connectivity index (χ2v) is 14.2. The molecule has 0 atom stereocenters. The molecule has 10 heteroatoms. The average Bonchev–Trinajstić information content (AvgIpc) is 3.76. The molecule has 1 N–H and O–H groups in total. The van der Waals surface area contributed by atoms with Crippen LogP contribution < -0.4 is 4.74 Å². The number of likely N-dealkylation sites (tertiary alicyclic amines) is 2. The fourth-order valence-electron chi connectivity index (χ4n) is 6.94. The molecular weight excluding hydrogens is 566 g/mol. The molecule has 45 heavy (non-hydrogen) atoms. The Kier molecular flexibility index (Phi) is 11.3. The second kappa shape index (κ2) is 15.4. The minimum absolute atomic E-state index is 0.0979. The standard InChI is InChI=1S/C35H53N7O3/c1-5-44-33(43)26-45-30-9-6-8-29(22-30)23-41(24-31-36-13-14-37-31)25-32-38-15-21-42(32)17-7-16-39-18-10-35(28-39)11-19-40(20-12-35)27-34(2,3)4/h6,8-9,13-15,21-22H,5,7,10-12,16-20,23-28H2,1-4H3,(H,36,37). The Hall–Kier alpha value is -3.21. The molecule has 2 aliphatic heterocycles. The summed E-state index contributed by atoms with van der Waals surface area (Å²) in [4.78, 5) is 31.9. The summed E-state index contributed by atoms with van der Waals surface area (Å²) in [5, 5.41) is 0. The number of esters is 1. The van der Waals surface area contributed by atoms with E-state index in [4.69, 9.17) is 14.5 Å². The van der Waals surface area contributed by atoms with Gasteiger partial charge in [0.2, 0.25) is 0 Å². The van der Waals surface area contributed by atoms with E-state index in [1.165, 1.54) is 52.0 Å². The summed E-state index contributed by atoms with van der Waals surface area (Å²) < 4.78 is 13.0. The Morgan fingerprint density at radius 1 is 1.02 bits per heavy atom. The predicted molar refractivity (Wildman–Crippen MR) is 176 cm³/mol. The Labute approximate surface area is 269 Å². The van der Waals surface area contributed by atoms with E-state index in [9.17, 15) is 4.79 Å². The number of aromatic nitrogens is 4. The maximum absolute atomic E-state index is 11.8. The molecule has 0 radical (unpaired) electrons. The lowest BCUT2D eigenvalue weighted by Crippen LogP contribution is -2.44. The first-order valence-corrected chi connectivity index (χ1v) is 16.7. The number of carbonyl (C=O) groups is 1. The van der Waals surface area contributed by atoms with Crippen molar-refractivity contribution < 1.29 is 14.3 Å². The van der Waals surface area contributed by atoms with Crippen LogP contribution in [0, 0.1) is 10.8 Å². The molecule has 0 unspecified atom stereocenters. The smallest absolute Gasteiger partial charge is 0.344 e. The van der Waals surface area contributed by atoms with Crippen molar-refractivity contribution in [3.8, 4) is 5.75 Å². The van der Waals surface area contributed by atoms with Crippen molar-refractivity contribution in [2.45, 2.75) is 79.6 Å². The van der Waals surface area contributed by atoms with E-state index < -0.39 is 0 Å². The summed E-state index contributed by atoms with van der Waals surface area (Å²) in [6.07, 6.45) is 12.8. The molecule has 5 rings (SSSR count). The molecule has 246 valence electrons. The SMILES string of the molecule is CCOC(=O)COc1cccc(CN(Cc2ncc[nH]2)Cc2nccn2CCCN2CCC3(CCN(CC(C)(C)C)CC3)C2)c1. The Morgan fingerprint density at radius 2 is 1.82 bits per heavy atom. The Balaban J connectivity index is 1.13. The molecule has 0 saturated carbocycles. The molecule has 10 nitrogen and oxygen atoms in total. The number of rotatable bonds is 15. The van der Waals surface area contributed by atoms with Gasteiger partial charge in [-0.1, -0.05) is 32.9 Å². The normalized spacial score (nSPS) is 17.4. The van der Waals surface area contributed by atoms with Gasteiger partial charge in [0, 0.05) is 51.0 Å². The zero-order valence-corrected chi connectivity index (χ0v) is 27.8. The highest BCUT2D eigenvalue weighted by atomic mass is 16.6.